The summed E-state index contributed by atoms with van der Waals surface area (Å²) in [5, 5.41) is 3.34. The predicted molar refractivity (Wildman–Crippen MR) is 82.2 cm³/mol. The van der Waals surface area contributed by atoms with Gasteiger partial charge in [0.2, 0.25) is 0 Å². The van der Waals surface area contributed by atoms with Crippen molar-refractivity contribution in [2.24, 2.45) is 0 Å². The molecule has 1 unspecified atom stereocenters. The van der Waals surface area contributed by atoms with Gasteiger partial charge in [-0.2, -0.15) is 4.31 Å². The minimum absolute atomic E-state index is 0.276. The fraction of sp³-hybridized carbons (Fsp3) is 0.667. The fourth-order valence-corrected chi connectivity index (χ4v) is 6.21. The molecular formula is C12H19BrN2O2S2. The van der Waals surface area contributed by atoms with Crippen LogP contribution in [0, 0.1) is 6.92 Å². The number of likely N-dealkylation sites (N-methyl/N-ethyl adjacent to an activating group) is 1. The van der Waals surface area contributed by atoms with E-state index >= 15 is 0 Å². The number of nitrogens with one attached hydrogen (secondary N) is 1. The smallest absolute Gasteiger partial charge is 0.252 e. The Morgan fingerprint density at radius 2 is 2.32 bits per heavy atom. The van der Waals surface area contributed by atoms with Gasteiger partial charge in [0.05, 0.1) is 3.79 Å². The number of piperidine rings is 1. The molecule has 1 aromatic heterocycles. The van der Waals surface area contributed by atoms with E-state index < -0.39 is 10.0 Å². The van der Waals surface area contributed by atoms with E-state index in [9.17, 15) is 8.42 Å². The van der Waals surface area contributed by atoms with Crippen LogP contribution in [0.1, 0.15) is 25.3 Å². The Kier molecular flexibility index (Phi) is 5.05. The molecule has 1 saturated heterocycles. The number of nitrogens with zero attached hydrogens (tertiary/aromatic N) is 1. The van der Waals surface area contributed by atoms with Crippen LogP contribution in [0.3, 0.4) is 0 Å². The van der Waals surface area contributed by atoms with E-state index in [0.717, 1.165) is 28.7 Å². The Bertz CT molecular complexity index is 520. The Balaban J connectivity index is 2.19. The lowest BCUT2D eigenvalue weighted by molar-refractivity contribution is 0.286. The molecule has 2 rings (SSSR count). The second-order valence-corrected chi connectivity index (χ2v) is 9.32. The van der Waals surface area contributed by atoms with Crippen molar-refractivity contribution in [3.63, 3.8) is 0 Å². The summed E-state index contributed by atoms with van der Waals surface area (Å²) in [6, 6.07) is 2.03. The summed E-state index contributed by atoms with van der Waals surface area (Å²) in [6.07, 6.45) is 1.97. The highest BCUT2D eigenvalue weighted by Gasteiger charge is 2.31. The SMILES string of the molecule is CCNC1CCCN(S(=O)(=O)c2cc(C)c(Br)s2)C1. The van der Waals surface area contributed by atoms with Gasteiger partial charge in [-0.1, -0.05) is 6.92 Å². The zero-order chi connectivity index (χ0) is 14.0. The lowest BCUT2D eigenvalue weighted by Crippen LogP contribution is -2.47. The van der Waals surface area contributed by atoms with Crippen LogP contribution in [0.25, 0.3) is 0 Å². The first-order valence-electron chi connectivity index (χ1n) is 6.44. The molecule has 0 aliphatic carbocycles. The van der Waals surface area contributed by atoms with E-state index in [0.29, 0.717) is 17.3 Å². The average Bonchev–Trinajstić information content (AvgIpc) is 2.71. The topological polar surface area (TPSA) is 49.4 Å². The summed E-state index contributed by atoms with van der Waals surface area (Å²) in [4.78, 5) is 0. The van der Waals surface area contributed by atoms with Gasteiger partial charge in [-0.25, -0.2) is 8.42 Å². The van der Waals surface area contributed by atoms with Crippen molar-refractivity contribution in [3.05, 3.63) is 15.4 Å². The molecule has 1 fully saturated rings. The highest BCUT2D eigenvalue weighted by molar-refractivity contribution is 9.11. The Morgan fingerprint density at radius 3 is 2.89 bits per heavy atom. The highest BCUT2D eigenvalue weighted by Crippen LogP contribution is 2.33. The maximum Gasteiger partial charge on any atom is 0.252 e. The summed E-state index contributed by atoms with van der Waals surface area (Å²) in [5.74, 6) is 0. The van der Waals surface area contributed by atoms with Gasteiger partial charge in [0, 0.05) is 19.1 Å². The highest BCUT2D eigenvalue weighted by atomic mass is 79.9. The van der Waals surface area contributed by atoms with Crippen LogP contribution in [0.4, 0.5) is 0 Å². The molecular weight excluding hydrogens is 348 g/mol. The minimum atomic E-state index is -3.33. The lowest BCUT2D eigenvalue weighted by Gasteiger charge is -2.31. The molecule has 0 radical (unpaired) electrons. The van der Waals surface area contributed by atoms with Crippen LogP contribution in [0.2, 0.25) is 0 Å². The first kappa shape index (κ1) is 15.4. The van der Waals surface area contributed by atoms with E-state index in [2.05, 4.69) is 21.2 Å². The number of halogens is 1. The lowest BCUT2D eigenvalue weighted by atomic mass is 10.1. The van der Waals surface area contributed by atoms with E-state index in [1.54, 1.807) is 10.4 Å². The zero-order valence-electron chi connectivity index (χ0n) is 11.1. The molecule has 1 aliphatic rings. The van der Waals surface area contributed by atoms with Crippen LogP contribution in [-0.4, -0.2) is 38.4 Å². The summed E-state index contributed by atoms with van der Waals surface area (Å²) < 4.78 is 28.1. The van der Waals surface area contributed by atoms with E-state index in [1.165, 1.54) is 11.3 Å². The van der Waals surface area contributed by atoms with Crippen molar-refractivity contribution in [3.8, 4) is 0 Å². The Morgan fingerprint density at radius 1 is 1.58 bits per heavy atom. The quantitative estimate of drug-likeness (QED) is 0.890. The second-order valence-electron chi connectivity index (χ2n) is 4.78. The number of hydrogen-bond donors (Lipinski definition) is 1. The third-order valence-corrected chi connectivity index (χ3v) is 7.76. The molecule has 4 nitrogen and oxygen atoms in total. The van der Waals surface area contributed by atoms with E-state index in [-0.39, 0.29) is 6.04 Å². The van der Waals surface area contributed by atoms with Gasteiger partial charge in [0.25, 0.3) is 10.0 Å². The molecule has 0 saturated carbocycles. The predicted octanol–water partition coefficient (Wildman–Crippen LogP) is 2.58. The van der Waals surface area contributed by atoms with Gasteiger partial charge in [-0.15, -0.1) is 11.3 Å². The van der Waals surface area contributed by atoms with Gasteiger partial charge in [-0.05, 0) is 53.9 Å². The van der Waals surface area contributed by atoms with Gasteiger partial charge in [0.15, 0.2) is 0 Å². The molecule has 108 valence electrons. The molecule has 0 amide bonds. The van der Waals surface area contributed by atoms with Crippen LogP contribution in [-0.2, 0) is 10.0 Å². The summed E-state index contributed by atoms with van der Waals surface area (Å²) in [7, 11) is -3.33. The maximum absolute atomic E-state index is 12.6. The molecule has 2 heterocycles. The van der Waals surface area contributed by atoms with Gasteiger partial charge in [0.1, 0.15) is 4.21 Å². The van der Waals surface area contributed by atoms with Crippen LogP contribution < -0.4 is 5.32 Å². The van der Waals surface area contributed by atoms with Gasteiger partial charge in [-0.3, -0.25) is 0 Å². The summed E-state index contributed by atoms with van der Waals surface area (Å²) in [5.41, 5.74) is 0.976. The summed E-state index contributed by atoms with van der Waals surface area (Å²) in [6.45, 7) is 6.04. The monoisotopic (exact) mass is 366 g/mol. The largest absolute Gasteiger partial charge is 0.313 e. The van der Waals surface area contributed by atoms with Crippen molar-refractivity contribution in [1.82, 2.24) is 9.62 Å². The third-order valence-electron chi connectivity index (χ3n) is 3.31. The molecule has 1 atom stereocenters. The molecule has 0 aromatic carbocycles. The molecule has 19 heavy (non-hydrogen) atoms. The van der Waals surface area contributed by atoms with Crippen molar-refractivity contribution in [1.29, 1.82) is 0 Å². The maximum atomic E-state index is 12.6. The number of thiophene rings is 1. The van der Waals surface area contributed by atoms with Crippen molar-refractivity contribution in [2.45, 2.75) is 36.9 Å². The molecule has 1 aromatic rings. The standard InChI is InChI=1S/C12H19BrN2O2S2/c1-3-14-10-5-4-6-15(8-10)19(16,17)11-7-9(2)12(13)18-11/h7,10,14H,3-6,8H2,1-2H3. The first-order chi connectivity index (χ1) is 8.95. The van der Waals surface area contributed by atoms with Gasteiger partial charge >= 0.3 is 0 Å². The van der Waals surface area contributed by atoms with Crippen molar-refractivity contribution >= 4 is 37.3 Å². The first-order valence-corrected chi connectivity index (χ1v) is 9.49. The van der Waals surface area contributed by atoms with E-state index in [4.69, 9.17) is 0 Å². The summed E-state index contributed by atoms with van der Waals surface area (Å²) >= 11 is 4.69. The number of hydrogen-bond acceptors (Lipinski definition) is 4. The third kappa shape index (κ3) is 3.39. The fourth-order valence-electron chi connectivity index (χ4n) is 2.30. The van der Waals surface area contributed by atoms with Crippen LogP contribution in [0.15, 0.2) is 14.1 Å². The normalized spacial score (nSPS) is 21.7. The van der Waals surface area contributed by atoms with Crippen LogP contribution >= 0.6 is 27.3 Å². The average molecular weight is 367 g/mol. The molecule has 7 heteroatoms. The number of rotatable bonds is 4. The van der Waals surface area contributed by atoms with Gasteiger partial charge < -0.3 is 5.32 Å². The Hall–Kier alpha value is 0.0500. The number of sulfonamides is 1. The minimum Gasteiger partial charge on any atom is -0.313 e. The number of aryl methyl sites for hydroxylation is 1. The molecule has 0 bridgehead atoms. The molecule has 0 spiro atoms. The van der Waals surface area contributed by atoms with Crippen molar-refractivity contribution < 1.29 is 8.42 Å². The molecule has 1 N–H and O–H groups in total. The Labute approximate surface area is 127 Å². The molecule has 1 aliphatic heterocycles. The second kappa shape index (κ2) is 6.22. The van der Waals surface area contributed by atoms with E-state index in [1.807, 2.05) is 13.8 Å². The zero-order valence-corrected chi connectivity index (χ0v) is 14.4. The van der Waals surface area contributed by atoms with Crippen LogP contribution in [0.5, 0.6) is 0 Å². The van der Waals surface area contributed by atoms with Crippen molar-refractivity contribution in [2.75, 3.05) is 19.6 Å².